The Labute approximate surface area is 233 Å². The fraction of sp³-hybridized carbons (Fsp3) is 0.469. The number of allylic oxidation sites excluding steroid dienone is 4. The van der Waals surface area contributed by atoms with Crippen LogP contribution in [0.2, 0.25) is 0 Å². The van der Waals surface area contributed by atoms with Crippen molar-refractivity contribution in [1.82, 2.24) is 10.6 Å². The summed E-state index contributed by atoms with van der Waals surface area (Å²) in [7, 11) is 0. The zero-order chi connectivity index (χ0) is 29.8. The lowest BCUT2D eigenvalue weighted by atomic mass is 9.94. The highest BCUT2D eigenvalue weighted by Crippen LogP contribution is 2.26. The van der Waals surface area contributed by atoms with Crippen LogP contribution in [0.4, 0.5) is 13.2 Å². The minimum Gasteiger partial charge on any atom is -0.390 e. The largest absolute Gasteiger partial charge is 0.390 e. The standard InChI is InChI=1S/C24H33FN2O2.C6H8F2.C2H6/c1-5-23(27-17(4)28)24(29)15-26-14-20-12-18(11-16(2)3)9-10-22(20)19-7-6-8-21(25)13-19;1-2-3-6(8)4-5-7;1-2/h6-10,12-13,16,23-24,26,29H,5,11,14-15H2,1-4H3,(H,27,28);2-4H,5H2,1H3;1-2H3/b;3-2-,6-4+;/t23-,24+;;/m0../s1. The van der Waals surface area contributed by atoms with E-state index < -0.39 is 18.6 Å². The van der Waals surface area contributed by atoms with Crippen molar-refractivity contribution in [2.45, 2.75) is 80.0 Å². The second-order valence-electron chi connectivity index (χ2n) is 9.26. The number of carbonyl (C=O) groups excluding carboxylic acids is 1. The van der Waals surface area contributed by atoms with Crippen molar-refractivity contribution >= 4 is 5.91 Å². The summed E-state index contributed by atoms with van der Waals surface area (Å²) in [6, 6.07) is 12.6. The van der Waals surface area contributed by atoms with Crippen molar-refractivity contribution in [3.63, 3.8) is 0 Å². The van der Waals surface area contributed by atoms with Crippen molar-refractivity contribution < 1.29 is 23.1 Å². The molecule has 0 saturated heterocycles. The van der Waals surface area contributed by atoms with Crippen LogP contribution in [0.5, 0.6) is 0 Å². The van der Waals surface area contributed by atoms with Gasteiger partial charge in [0.2, 0.25) is 5.91 Å². The number of aliphatic hydroxyl groups excluding tert-OH is 1. The van der Waals surface area contributed by atoms with E-state index >= 15 is 0 Å². The molecular weight excluding hydrogens is 501 g/mol. The molecule has 0 spiro atoms. The van der Waals surface area contributed by atoms with Crippen molar-refractivity contribution in [2.24, 2.45) is 5.92 Å². The molecule has 0 unspecified atom stereocenters. The van der Waals surface area contributed by atoms with E-state index in [0.717, 1.165) is 29.2 Å². The summed E-state index contributed by atoms with van der Waals surface area (Å²) in [5.74, 6) is -0.384. The van der Waals surface area contributed by atoms with E-state index in [1.807, 2.05) is 32.9 Å². The molecule has 0 bridgehead atoms. The van der Waals surface area contributed by atoms with Crippen molar-refractivity contribution in [3.05, 3.63) is 83.5 Å². The van der Waals surface area contributed by atoms with Gasteiger partial charge in [-0.05, 0) is 72.2 Å². The Morgan fingerprint density at radius 3 is 2.36 bits per heavy atom. The molecule has 218 valence electrons. The first-order valence-electron chi connectivity index (χ1n) is 13.7. The van der Waals surface area contributed by atoms with Gasteiger partial charge in [-0.3, -0.25) is 4.79 Å². The molecule has 0 fully saturated rings. The van der Waals surface area contributed by atoms with Crippen LogP contribution in [0.25, 0.3) is 11.1 Å². The van der Waals surface area contributed by atoms with Crippen LogP contribution < -0.4 is 10.6 Å². The topological polar surface area (TPSA) is 61.4 Å². The fourth-order valence-corrected chi connectivity index (χ4v) is 3.86. The molecule has 0 aliphatic carbocycles. The van der Waals surface area contributed by atoms with Gasteiger partial charge in [-0.1, -0.05) is 71.0 Å². The molecule has 2 rings (SSSR count). The van der Waals surface area contributed by atoms with Gasteiger partial charge in [-0.25, -0.2) is 13.2 Å². The number of halogens is 3. The maximum atomic E-state index is 13.7. The molecule has 2 aromatic carbocycles. The van der Waals surface area contributed by atoms with E-state index in [1.54, 1.807) is 19.1 Å². The first-order valence-corrected chi connectivity index (χ1v) is 13.7. The molecule has 0 aromatic heterocycles. The quantitative estimate of drug-likeness (QED) is 0.241. The number of amides is 1. The minimum absolute atomic E-state index is 0.148. The molecule has 1 amide bonds. The predicted octanol–water partition coefficient (Wildman–Crippen LogP) is 7.47. The number of nitrogens with one attached hydrogen (secondary N) is 2. The Morgan fingerprint density at radius 1 is 1.13 bits per heavy atom. The van der Waals surface area contributed by atoms with Gasteiger partial charge in [0.15, 0.2) is 0 Å². The van der Waals surface area contributed by atoms with Gasteiger partial charge in [0.1, 0.15) is 18.3 Å². The second-order valence-corrected chi connectivity index (χ2v) is 9.26. The van der Waals surface area contributed by atoms with E-state index in [2.05, 4.69) is 36.6 Å². The molecular formula is C32H47F3N2O2. The summed E-state index contributed by atoms with van der Waals surface area (Å²) in [5, 5.41) is 16.5. The predicted molar refractivity (Wildman–Crippen MR) is 157 cm³/mol. The maximum Gasteiger partial charge on any atom is 0.217 e. The van der Waals surface area contributed by atoms with Crippen LogP contribution in [0, 0.1) is 11.7 Å². The lowest BCUT2D eigenvalue weighted by Gasteiger charge is -2.23. The van der Waals surface area contributed by atoms with Crippen LogP contribution in [0.1, 0.15) is 66.0 Å². The molecule has 2 aromatic rings. The van der Waals surface area contributed by atoms with Gasteiger partial charge >= 0.3 is 0 Å². The number of carbonyl (C=O) groups is 1. The van der Waals surface area contributed by atoms with Crippen LogP contribution in [0.3, 0.4) is 0 Å². The zero-order valence-electron chi connectivity index (χ0n) is 24.5. The first kappa shape index (κ1) is 36.1. The Balaban J connectivity index is 0.00000124. The number of aliphatic hydroxyl groups is 1. The van der Waals surface area contributed by atoms with Gasteiger partial charge in [-0.2, -0.15) is 0 Å². The third kappa shape index (κ3) is 15.3. The molecule has 3 N–H and O–H groups in total. The number of hydrogen-bond acceptors (Lipinski definition) is 3. The Morgan fingerprint density at radius 2 is 1.82 bits per heavy atom. The third-order valence-corrected chi connectivity index (χ3v) is 5.51. The van der Waals surface area contributed by atoms with Crippen LogP contribution in [0.15, 0.2) is 66.5 Å². The van der Waals surface area contributed by atoms with Crippen molar-refractivity contribution in [1.29, 1.82) is 0 Å². The molecule has 0 aliphatic heterocycles. The monoisotopic (exact) mass is 548 g/mol. The summed E-state index contributed by atoms with van der Waals surface area (Å²) < 4.78 is 36.9. The van der Waals surface area contributed by atoms with Gasteiger partial charge in [0, 0.05) is 20.0 Å². The Hall–Kier alpha value is -2.90. The minimum atomic E-state index is -0.740. The van der Waals surface area contributed by atoms with Gasteiger partial charge < -0.3 is 15.7 Å². The van der Waals surface area contributed by atoms with Crippen LogP contribution in [-0.4, -0.2) is 36.4 Å². The fourth-order valence-electron chi connectivity index (χ4n) is 3.86. The number of rotatable bonds is 12. The SMILES string of the molecule is C/C=C\C(F)=C/CF.CC.CC[C@H](NC(C)=O)[C@H](O)CNCc1cc(CC(C)C)ccc1-c1cccc(F)c1. The summed E-state index contributed by atoms with van der Waals surface area (Å²) in [4.78, 5) is 11.3. The molecule has 0 saturated carbocycles. The van der Waals surface area contributed by atoms with Crippen molar-refractivity contribution in [2.75, 3.05) is 13.2 Å². The van der Waals surface area contributed by atoms with E-state index in [9.17, 15) is 23.1 Å². The molecule has 2 atom stereocenters. The molecule has 7 heteroatoms. The Bertz CT molecular complexity index is 1020. The number of hydrogen-bond donors (Lipinski definition) is 3. The van der Waals surface area contributed by atoms with E-state index in [1.165, 1.54) is 30.7 Å². The lowest BCUT2D eigenvalue weighted by molar-refractivity contribution is -0.120. The maximum absolute atomic E-state index is 13.7. The summed E-state index contributed by atoms with van der Waals surface area (Å²) in [6.45, 7) is 13.6. The summed E-state index contributed by atoms with van der Waals surface area (Å²) in [5.41, 5.74) is 4.12. The van der Waals surface area contributed by atoms with Crippen LogP contribution >= 0.6 is 0 Å². The van der Waals surface area contributed by atoms with Gasteiger partial charge in [-0.15, -0.1) is 0 Å². The molecule has 0 heterocycles. The Kier molecular flexibility index (Phi) is 19.4. The highest BCUT2D eigenvalue weighted by molar-refractivity contribution is 5.73. The summed E-state index contributed by atoms with van der Waals surface area (Å²) in [6.07, 6.45) is 4.54. The normalized spacial score (nSPS) is 12.8. The van der Waals surface area contributed by atoms with Crippen LogP contribution in [-0.2, 0) is 17.8 Å². The van der Waals surface area contributed by atoms with E-state index in [-0.39, 0.29) is 17.8 Å². The summed E-state index contributed by atoms with van der Waals surface area (Å²) >= 11 is 0. The average molecular weight is 549 g/mol. The average Bonchev–Trinajstić information content (AvgIpc) is 2.89. The van der Waals surface area contributed by atoms with E-state index in [0.29, 0.717) is 25.4 Å². The zero-order valence-corrected chi connectivity index (χ0v) is 24.5. The third-order valence-electron chi connectivity index (χ3n) is 5.51. The van der Waals surface area contributed by atoms with Crippen molar-refractivity contribution in [3.8, 4) is 11.1 Å². The number of alkyl halides is 1. The lowest BCUT2D eigenvalue weighted by Crippen LogP contribution is -2.46. The molecule has 39 heavy (non-hydrogen) atoms. The highest BCUT2D eigenvalue weighted by atomic mass is 19.1. The molecule has 0 aliphatic rings. The van der Waals surface area contributed by atoms with E-state index in [4.69, 9.17) is 0 Å². The van der Waals surface area contributed by atoms with Gasteiger partial charge in [0.25, 0.3) is 0 Å². The first-order chi connectivity index (χ1) is 18.6. The second kappa shape index (κ2) is 21.0. The van der Waals surface area contributed by atoms with Gasteiger partial charge in [0.05, 0.1) is 12.1 Å². The smallest absolute Gasteiger partial charge is 0.217 e. The molecule has 4 nitrogen and oxygen atoms in total. The highest BCUT2D eigenvalue weighted by Gasteiger charge is 2.18. The number of benzene rings is 2. The molecule has 0 radical (unpaired) electrons.